The highest BCUT2D eigenvalue weighted by molar-refractivity contribution is 6.40. The van der Waals surface area contributed by atoms with Crippen LogP contribution in [0.2, 0.25) is 0 Å². The molecule has 3 N–H and O–H groups in total. The zero-order chi connectivity index (χ0) is 19.9. The Kier molecular flexibility index (Phi) is 6.47. The van der Waals surface area contributed by atoms with Crippen molar-refractivity contribution >= 4 is 23.4 Å². The molecule has 2 aromatic rings. The molecule has 0 radical (unpaired) electrons. The number of hydrogen-bond acceptors (Lipinski definition) is 4. The van der Waals surface area contributed by atoms with E-state index in [0.717, 1.165) is 25.7 Å². The van der Waals surface area contributed by atoms with Crippen molar-refractivity contribution in [3.05, 3.63) is 54.0 Å². The molecule has 28 heavy (non-hydrogen) atoms. The van der Waals surface area contributed by atoms with Crippen molar-refractivity contribution in [3.63, 3.8) is 0 Å². The molecule has 148 valence electrons. The van der Waals surface area contributed by atoms with E-state index in [-0.39, 0.29) is 29.7 Å². The normalized spacial score (nSPS) is 18.9. The summed E-state index contributed by atoms with van der Waals surface area (Å²) in [6.45, 7) is 2.42. The van der Waals surface area contributed by atoms with Crippen LogP contribution in [-0.2, 0) is 16.1 Å². The van der Waals surface area contributed by atoms with E-state index < -0.39 is 11.8 Å². The van der Waals surface area contributed by atoms with Crippen LogP contribution in [0.25, 0.3) is 0 Å². The molecule has 0 atom stereocenters. The molecule has 0 unspecified atom stereocenters. The number of amides is 3. The van der Waals surface area contributed by atoms with Gasteiger partial charge in [-0.2, -0.15) is 0 Å². The van der Waals surface area contributed by atoms with Crippen LogP contribution in [-0.4, -0.2) is 23.8 Å². The van der Waals surface area contributed by atoms with E-state index in [0.29, 0.717) is 11.7 Å². The number of para-hydroxylation sites is 1. The third-order valence-corrected chi connectivity index (χ3v) is 4.98. The lowest BCUT2D eigenvalue weighted by Crippen LogP contribution is -2.43. The van der Waals surface area contributed by atoms with Gasteiger partial charge in [0.25, 0.3) is 5.91 Å². The first-order valence-corrected chi connectivity index (χ1v) is 9.54. The van der Waals surface area contributed by atoms with Gasteiger partial charge < -0.3 is 20.4 Å². The molecule has 0 aliphatic heterocycles. The highest BCUT2D eigenvalue weighted by atomic mass is 16.3. The molecule has 1 fully saturated rings. The Morgan fingerprint density at radius 1 is 1.00 bits per heavy atom. The number of carbonyl (C=O) groups excluding carboxylic acids is 3. The first-order valence-electron chi connectivity index (χ1n) is 9.54. The Balaban J connectivity index is 1.58. The molecule has 1 heterocycles. The largest absolute Gasteiger partial charge is 0.467 e. The zero-order valence-electron chi connectivity index (χ0n) is 15.9. The minimum atomic E-state index is -0.773. The summed E-state index contributed by atoms with van der Waals surface area (Å²) in [6, 6.07) is 10.1. The smallest absolute Gasteiger partial charge is 0.313 e. The summed E-state index contributed by atoms with van der Waals surface area (Å²) >= 11 is 0. The molecule has 3 amide bonds. The molecule has 1 aromatic heterocycles. The van der Waals surface area contributed by atoms with Gasteiger partial charge in [-0.25, -0.2) is 0 Å². The van der Waals surface area contributed by atoms with Crippen LogP contribution in [0.15, 0.2) is 47.1 Å². The number of hydrogen-bond donors (Lipinski definition) is 3. The van der Waals surface area contributed by atoms with Crippen molar-refractivity contribution in [2.24, 2.45) is 5.92 Å². The fraction of sp³-hybridized carbons (Fsp3) is 0.381. The molecular formula is C21H25N3O4. The van der Waals surface area contributed by atoms with Gasteiger partial charge in [0.1, 0.15) is 5.76 Å². The standard InChI is InChI=1S/C21H25N3O4/c1-14-8-10-15(11-9-14)23-20(26)21(27)24-18-7-3-2-6-17(18)19(25)22-13-16-5-4-12-28-16/h2-7,12,14-15H,8-11,13H2,1H3,(H,22,25)(H,23,26)(H,24,27). The number of benzene rings is 1. The van der Waals surface area contributed by atoms with Crippen LogP contribution in [0.5, 0.6) is 0 Å². The van der Waals surface area contributed by atoms with Gasteiger partial charge in [0, 0.05) is 6.04 Å². The van der Waals surface area contributed by atoms with Crippen LogP contribution in [0.1, 0.15) is 48.7 Å². The van der Waals surface area contributed by atoms with Crippen LogP contribution in [0.4, 0.5) is 5.69 Å². The quantitative estimate of drug-likeness (QED) is 0.691. The third kappa shape index (κ3) is 5.22. The number of nitrogens with one attached hydrogen (secondary N) is 3. The third-order valence-electron chi connectivity index (χ3n) is 4.98. The average Bonchev–Trinajstić information content (AvgIpc) is 3.22. The maximum Gasteiger partial charge on any atom is 0.313 e. The Bertz CT molecular complexity index is 824. The fourth-order valence-electron chi connectivity index (χ4n) is 3.30. The van der Waals surface area contributed by atoms with E-state index >= 15 is 0 Å². The molecule has 0 bridgehead atoms. The maximum absolute atomic E-state index is 12.5. The molecule has 3 rings (SSSR count). The number of carbonyl (C=O) groups is 3. The van der Waals surface area contributed by atoms with Crippen LogP contribution < -0.4 is 16.0 Å². The lowest BCUT2D eigenvalue weighted by Gasteiger charge is -2.26. The van der Waals surface area contributed by atoms with Gasteiger partial charge in [-0.15, -0.1) is 0 Å². The van der Waals surface area contributed by atoms with Crippen LogP contribution >= 0.6 is 0 Å². The second-order valence-corrected chi connectivity index (χ2v) is 7.19. The Hall–Kier alpha value is -3.09. The van der Waals surface area contributed by atoms with Gasteiger partial charge in [-0.3, -0.25) is 14.4 Å². The Morgan fingerprint density at radius 3 is 2.46 bits per heavy atom. The Morgan fingerprint density at radius 2 is 1.75 bits per heavy atom. The van der Waals surface area contributed by atoms with Crippen molar-refractivity contribution in [2.45, 2.75) is 45.2 Å². The summed E-state index contributed by atoms with van der Waals surface area (Å²) in [4.78, 5) is 37.0. The predicted octanol–water partition coefficient (Wildman–Crippen LogP) is 2.84. The molecule has 1 saturated carbocycles. The molecule has 7 nitrogen and oxygen atoms in total. The molecule has 1 aromatic carbocycles. The van der Waals surface area contributed by atoms with Crippen molar-refractivity contribution in [1.29, 1.82) is 0 Å². The molecule has 7 heteroatoms. The van der Waals surface area contributed by atoms with Gasteiger partial charge in [-0.05, 0) is 55.9 Å². The van der Waals surface area contributed by atoms with Crippen molar-refractivity contribution in [2.75, 3.05) is 5.32 Å². The highest BCUT2D eigenvalue weighted by Crippen LogP contribution is 2.23. The number of furan rings is 1. The van der Waals surface area contributed by atoms with E-state index in [1.165, 1.54) is 6.26 Å². The SMILES string of the molecule is CC1CCC(NC(=O)C(=O)Nc2ccccc2C(=O)NCc2ccco2)CC1. The average molecular weight is 383 g/mol. The summed E-state index contributed by atoms with van der Waals surface area (Å²) in [5.74, 6) is -0.533. The monoisotopic (exact) mass is 383 g/mol. The van der Waals surface area contributed by atoms with E-state index in [1.54, 1.807) is 36.4 Å². The molecule has 1 aliphatic carbocycles. The summed E-state index contributed by atoms with van der Waals surface area (Å²) < 4.78 is 5.19. The first-order chi connectivity index (χ1) is 13.5. The maximum atomic E-state index is 12.5. The predicted molar refractivity (Wildman–Crippen MR) is 105 cm³/mol. The minimum absolute atomic E-state index is 0.0290. The van der Waals surface area contributed by atoms with Crippen LogP contribution in [0, 0.1) is 5.92 Å². The second-order valence-electron chi connectivity index (χ2n) is 7.19. The minimum Gasteiger partial charge on any atom is -0.467 e. The topological polar surface area (TPSA) is 100 Å². The van der Waals surface area contributed by atoms with Crippen molar-refractivity contribution in [1.82, 2.24) is 10.6 Å². The van der Waals surface area contributed by atoms with E-state index in [2.05, 4.69) is 22.9 Å². The van der Waals surface area contributed by atoms with E-state index in [4.69, 9.17) is 4.42 Å². The van der Waals surface area contributed by atoms with Crippen molar-refractivity contribution in [3.8, 4) is 0 Å². The van der Waals surface area contributed by atoms with Crippen molar-refractivity contribution < 1.29 is 18.8 Å². The summed E-state index contributed by atoms with van der Waals surface area (Å²) in [5.41, 5.74) is 0.568. The summed E-state index contributed by atoms with van der Waals surface area (Å²) in [7, 11) is 0. The summed E-state index contributed by atoms with van der Waals surface area (Å²) in [6.07, 6.45) is 5.38. The van der Waals surface area contributed by atoms with Gasteiger partial charge in [0.05, 0.1) is 24.1 Å². The highest BCUT2D eigenvalue weighted by Gasteiger charge is 2.23. The number of anilines is 1. The van der Waals surface area contributed by atoms with E-state index in [9.17, 15) is 14.4 Å². The molecule has 0 spiro atoms. The van der Waals surface area contributed by atoms with E-state index in [1.807, 2.05) is 0 Å². The molecule has 0 saturated heterocycles. The number of rotatable bonds is 5. The molecule has 1 aliphatic rings. The van der Waals surface area contributed by atoms with Crippen LogP contribution in [0.3, 0.4) is 0 Å². The lowest BCUT2D eigenvalue weighted by molar-refractivity contribution is -0.136. The lowest BCUT2D eigenvalue weighted by atomic mass is 9.87. The Labute approximate surface area is 163 Å². The zero-order valence-corrected chi connectivity index (χ0v) is 15.9. The summed E-state index contributed by atoms with van der Waals surface area (Å²) in [5, 5.41) is 8.06. The fourth-order valence-corrected chi connectivity index (χ4v) is 3.30. The van der Waals surface area contributed by atoms with Gasteiger partial charge >= 0.3 is 11.8 Å². The van der Waals surface area contributed by atoms with Gasteiger partial charge in [0.2, 0.25) is 0 Å². The molecular weight excluding hydrogens is 358 g/mol. The van der Waals surface area contributed by atoms with Gasteiger partial charge in [-0.1, -0.05) is 19.1 Å². The first kappa shape index (κ1) is 19.7. The van der Waals surface area contributed by atoms with Gasteiger partial charge in [0.15, 0.2) is 0 Å². The second kappa shape index (κ2) is 9.21.